The summed E-state index contributed by atoms with van der Waals surface area (Å²) in [4.78, 5) is 23.2. The normalized spacial score (nSPS) is 19.4. The SMILES string of the molecule is O=C(Cc1cccc(I)c1)NC1CCCC1=O. The number of hydrogen-bond acceptors (Lipinski definition) is 2. The summed E-state index contributed by atoms with van der Waals surface area (Å²) >= 11 is 2.22. The van der Waals surface area contributed by atoms with Crippen LogP contribution in [0.3, 0.4) is 0 Å². The van der Waals surface area contributed by atoms with Crippen molar-refractivity contribution in [1.82, 2.24) is 5.32 Å². The highest BCUT2D eigenvalue weighted by Gasteiger charge is 2.25. The number of ketones is 1. The van der Waals surface area contributed by atoms with Crippen molar-refractivity contribution in [2.45, 2.75) is 31.7 Å². The quantitative estimate of drug-likeness (QED) is 0.855. The van der Waals surface area contributed by atoms with Crippen molar-refractivity contribution >= 4 is 34.3 Å². The molecule has 3 nitrogen and oxygen atoms in total. The third-order valence-corrected chi connectivity index (χ3v) is 3.56. The summed E-state index contributed by atoms with van der Waals surface area (Å²) in [6.07, 6.45) is 2.64. The van der Waals surface area contributed by atoms with E-state index < -0.39 is 0 Å². The molecular formula is C13H14INO2. The van der Waals surface area contributed by atoms with E-state index in [0.29, 0.717) is 12.8 Å². The van der Waals surface area contributed by atoms with Gasteiger partial charge in [-0.05, 0) is 53.1 Å². The Labute approximate surface area is 114 Å². The minimum Gasteiger partial charge on any atom is -0.346 e. The van der Waals surface area contributed by atoms with E-state index in [1.54, 1.807) is 0 Å². The largest absolute Gasteiger partial charge is 0.346 e. The summed E-state index contributed by atoms with van der Waals surface area (Å²) < 4.78 is 1.12. The lowest BCUT2D eigenvalue weighted by atomic mass is 10.1. The molecule has 1 aliphatic rings. The Morgan fingerprint density at radius 2 is 2.29 bits per heavy atom. The maximum absolute atomic E-state index is 11.8. The number of amides is 1. The van der Waals surface area contributed by atoms with Gasteiger partial charge >= 0.3 is 0 Å². The molecule has 2 rings (SSSR count). The second-order valence-electron chi connectivity index (χ2n) is 4.29. The van der Waals surface area contributed by atoms with Crippen molar-refractivity contribution in [3.63, 3.8) is 0 Å². The molecule has 1 aromatic rings. The highest BCUT2D eigenvalue weighted by molar-refractivity contribution is 14.1. The first-order chi connectivity index (χ1) is 8.15. The molecule has 1 unspecified atom stereocenters. The number of Topliss-reactive ketones (excluding diaryl/α,β-unsaturated/α-hetero) is 1. The maximum Gasteiger partial charge on any atom is 0.225 e. The van der Waals surface area contributed by atoms with Crippen molar-refractivity contribution in [1.29, 1.82) is 0 Å². The molecule has 0 heterocycles. The van der Waals surface area contributed by atoms with E-state index in [2.05, 4.69) is 27.9 Å². The van der Waals surface area contributed by atoms with Gasteiger partial charge in [-0.2, -0.15) is 0 Å². The lowest BCUT2D eigenvalue weighted by Crippen LogP contribution is -2.38. The minimum absolute atomic E-state index is 0.0627. The molecule has 0 aromatic heterocycles. The van der Waals surface area contributed by atoms with Gasteiger partial charge in [0.1, 0.15) is 0 Å². The zero-order chi connectivity index (χ0) is 12.3. The Kier molecular flexibility index (Phi) is 4.15. The van der Waals surface area contributed by atoms with E-state index in [9.17, 15) is 9.59 Å². The van der Waals surface area contributed by atoms with Crippen molar-refractivity contribution in [2.75, 3.05) is 0 Å². The molecule has 1 amide bonds. The van der Waals surface area contributed by atoms with Crippen LogP contribution in [0.15, 0.2) is 24.3 Å². The fourth-order valence-corrected chi connectivity index (χ4v) is 2.65. The Hall–Kier alpha value is -0.910. The van der Waals surface area contributed by atoms with E-state index in [0.717, 1.165) is 22.0 Å². The third kappa shape index (κ3) is 3.52. The number of benzene rings is 1. The van der Waals surface area contributed by atoms with Crippen LogP contribution in [0.5, 0.6) is 0 Å². The summed E-state index contributed by atoms with van der Waals surface area (Å²) in [5, 5.41) is 2.81. The summed E-state index contributed by atoms with van der Waals surface area (Å²) in [5.41, 5.74) is 0.986. The van der Waals surface area contributed by atoms with Crippen LogP contribution in [-0.2, 0) is 16.0 Å². The predicted octanol–water partition coefficient (Wildman–Crippen LogP) is 2.07. The smallest absolute Gasteiger partial charge is 0.225 e. The Bertz CT molecular complexity index is 445. The van der Waals surface area contributed by atoms with E-state index in [1.807, 2.05) is 24.3 Å². The monoisotopic (exact) mass is 343 g/mol. The van der Waals surface area contributed by atoms with Crippen molar-refractivity contribution in [3.05, 3.63) is 33.4 Å². The summed E-state index contributed by atoms with van der Waals surface area (Å²) in [6.45, 7) is 0. The van der Waals surface area contributed by atoms with Crippen molar-refractivity contribution in [2.24, 2.45) is 0 Å². The molecule has 1 saturated carbocycles. The molecule has 0 aliphatic heterocycles. The lowest BCUT2D eigenvalue weighted by molar-refractivity contribution is -0.126. The van der Waals surface area contributed by atoms with Gasteiger partial charge in [-0.15, -0.1) is 0 Å². The van der Waals surface area contributed by atoms with Gasteiger partial charge in [0.25, 0.3) is 0 Å². The van der Waals surface area contributed by atoms with Gasteiger partial charge in [0.2, 0.25) is 5.91 Å². The average Bonchev–Trinajstić information content (AvgIpc) is 2.64. The fourth-order valence-electron chi connectivity index (χ4n) is 2.05. The lowest BCUT2D eigenvalue weighted by Gasteiger charge is -2.10. The van der Waals surface area contributed by atoms with E-state index >= 15 is 0 Å². The average molecular weight is 343 g/mol. The number of hydrogen-bond donors (Lipinski definition) is 1. The van der Waals surface area contributed by atoms with Crippen molar-refractivity contribution in [3.8, 4) is 0 Å². The van der Waals surface area contributed by atoms with Crippen LogP contribution in [0.1, 0.15) is 24.8 Å². The Morgan fingerprint density at radius 3 is 2.94 bits per heavy atom. The molecule has 0 spiro atoms. The molecular weight excluding hydrogens is 329 g/mol. The number of carbonyl (C=O) groups is 2. The number of carbonyl (C=O) groups excluding carboxylic acids is 2. The molecule has 1 N–H and O–H groups in total. The molecule has 0 radical (unpaired) electrons. The van der Waals surface area contributed by atoms with Gasteiger partial charge < -0.3 is 5.32 Å². The topological polar surface area (TPSA) is 46.2 Å². The molecule has 1 atom stereocenters. The number of nitrogens with one attached hydrogen (secondary N) is 1. The third-order valence-electron chi connectivity index (χ3n) is 2.89. The number of halogens is 1. The number of rotatable bonds is 3. The Morgan fingerprint density at radius 1 is 1.47 bits per heavy atom. The van der Waals surface area contributed by atoms with Crippen molar-refractivity contribution < 1.29 is 9.59 Å². The molecule has 4 heteroatoms. The Balaban J connectivity index is 1.91. The zero-order valence-corrected chi connectivity index (χ0v) is 11.6. The fraction of sp³-hybridized carbons (Fsp3) is 0.385. The first-order valence-electron chi connectivity index (χ1n) is 5.71. The molecule has 1 aliphatic carbocycles. The second-order valence-corrected chi connectivity index (χ2v) is 5.53. The highest BCUT2D eigenvalue weighted by atomic mass is 127. The maximum atomic E-state index is 11.8. The standard InChI is InChI=1S/C13H14INO2/c14-10-4-1-3-9(7-10)8-13(17)15-11-5-2-6-12(11)16/h1,3-4,7,11H,2,5-6,8H2,(H,15,17). The molecule has 17 heavy (non-hydrogen) atoms. The van der Waals surface area contributed by atoms with Crippen LogP contribution in [0, 0.1) is 3.57 Å². The van der Waals surface area contributed by atoms with Gasteiger partial charge in [-0.1, -0.05) is 12.1 Å². The minimum atomic E-state index is -0.245. The zero-order valence-electron chi connectivity index (χ0n) is 9.41. The summed E-state index contributed by atoms with van der Waals surface area (Å²) in [7, 11) is 0. The van der Waals surface area contributed by atoms with E-state index in [4.69, 9.17) is 0 Å². The molecule has 90 valence electrons. The van der Waals surface area contributed by atoms with E-state index in [1.165, 1.54) is 0 Å². The van der Waals surface area contributed by atoms with E-state index in [-0.39, 0.29) is 17.7 Å². The molecule has 0 bridgehead atoms. The van der Waals surface area contributed by atoms with Gasteiger partial charge in [0.05, 0.1) is 12.5 Å². The van der Waals surface area contributed by atoms with Crippen LogP contribution < -0.4 is 5.32 Å². The van der Waals surface area contributed by atoms with Crippen LogP contribution in [0.4, 0.5) is 0 Å². The van der Waals surface area contributed by atoms with Gasteiger partial charge in [-0.3, -0.25) is 9.59 Å². The molecule has 1 fully saturated rings. The van der Waals surface area contributed by atoms with Crippen LogP contribution in [0.25, 0.3) is 0 Å². The van der Waals surface area contributed by atoms with Gasteiger partial charge in [0.15, 0.2) is 5.78 Å². The van der Waals surface area contributed by atoms with Crippen LogP contribution >= 0.6 is 22.6 Å². The predicted molar refractivity (Wildman–Crippen MR) is 73.7 cm³/mol. The second kappa shape index (κ2) is 5.62. The van der Waals surface area contributed by atoms with Crippen LogP contribution in [-0.4, -0.2) is 17.7 Å². The molecule has 1 aromatic carbocycles. The highest BCUT2D eigenvalue weighted by Crippen LogP contribution is 2.14. The van der Waals surface area contributed by atoms with Crippen LogP contribution in [0.2, 0.25) is 0 Å². The summed E-state index contributed by atoms with van der Waals surface area (Å²) in [6, 6.07) is 7.59. The first-order valence-corrected chi connectivity index (χ1v) is 6.79. The summed E-state index contributed by atoms with van der Waals surface area (Å²) in [5.74, 6) is 0.105. The van der Waals surface area contributed by atoms with Gasteiger partial charge in [-0.25, -0.2) is 0 Å². The van der Waals surface area contributed by atoms with Gasteiger partial charge in [0, 0.05) is 9.99 Å². The molecule has 0 saturated heterocycles. The first kappa shape index (κ1) is 12.5.